The minimum Gasteiger partial charge on any atom is -0.342 e. The van der Waals surface area contributed by atoms with Crippen LogP contribution in [0.15, 0.2) is 0 Å². The van der Waals surface area contributed by atoms with E-state index in [1.165, 1.54) is 12.8 Å². The van der Waals surface area contributed by atoms with Crippen molar-refractivity contribution in [3.05, 3.63) is 0 Å². The second kappa shape index (κ2) is 3.97. The zero-order chi connectivity index (χ0) is 11.1. The first kappa shape index (κ1) is 11.3. The fourth-order valence-corrected chi connectivity index (χ4v) is 2.39. The largest absolute Gasteiger partial charge is 0.342 e. The van der Waals surface area contributed by atoms with E-state index in [0.717, 1.165) is 25.9 Å². The number of rotatable bonds is 2. The molecule has 1 heterocycles. The minimum atomic E-state index is 0.255. The van der Waals surface area contributed by atoms with Gasteiger partial charge >= 0.3 is 0 Å². The maximum absolute atomic E-state index is 12.0. The molecule has 1 saturated heterocycles. The topological polar surface area (TPSA) is 20.3 Å². The second-order valence-corrected chi connectivity index (χ2v) is 6.17. The SMILES string of the molecule is CC1CN(C(=O)CC2(C)CC2)CCC1Cl. The molecular formula is C12H20ClNO. The van der Waals surface area contributed by atoms with E-state index in [-0.39, 0.29) is 5.38 Å². The van der Waals surface area contributed by atoms with E-state index < -0.39 is 0 Å². The van der Waals surface area contributed by atoms with E-state index in [0.29, 0.717) is 17.2 Å². The van der Waals surface area contributed by atoms with E-state index >= 15 is 0 Å². The molecule has 1 saturated carbocycles. The highest BCUT2D eigenvalue weighted by Crippen LogP contribution is 2.48. The van der Waals surface area contributed by atoms with Gasteiger partial charge in [-0.25, -0.2) is 0 Å². The van der Waals surface area contributed by atoms with Crippen LogP contribution in [0.2, 0.25) is 0 Å². The van der Waals surface area contributed by atoms with Crippen molar-refractivity contribution in [1.29, 1.82) is 0 Å². The zero-order valence-electron chi connectivity index (χ0n) is 9.63. The van der Waals surface area contributed by atoms with Gasteiger partial charge in [0.1, 0.15) is 0 Å². The molecule has 0 aromatic carbocycles. The van der Waals surface area contributed by atoms with E-state index in [9.17, 15) is 4.79 Å². The Bertz CT molecular complexity index is 262. The molecule has 0 aromatic rings. The summed E-state index contributed by atoms with van der Waals surface area (Å²) in [4.78, 5) is 14.0. The number of amides is 1. The summed E-state index contributed by atoms with van der Waals surface area (Å²) < 4.78 is 0. The Hall–Kier alpha value is -0.240. The zero-order valence-corrected chi connectivity index (χ0v) is 10.4. The number of carbonyl (C=O) groups excluding carboxylic acids is 1. The summed E-state index contributed by atoms with van der Waals surface area (Å²) in [5.74, 6) is 0.779. The Balaban J connectivity index is 1.85. The highest BCUT2D eigenvalue weighted by molar-refractivity contribution is 6.20. The number of carbonyl (C=O) groups is 1. The van der Waals surface area contributed by atoms with Crippen molar-refractivity contribution in [3.8, 4) is 0 Å². The van der Waals surface area contributed by atoms with Gasteiger partial charge in [-0.05, 0) is 30.6 Å². The van der Waals surface area contributed by atoms with Crippen LogP contribution in [-0.2, 0) is 4.79 Å². The summed E-state index contributed by atoms with van der Waals surface area (Å²) in [5.41, 5.74) is 0.331. The lowest BCUT2D eigenvalue weighted by Crippen LogP contribution is -2.43. The molecular weight excluding hydrogens is 210 g/mol. The van der Waals surface area contributed by atoms with Gasteiger partial charge in [0.05, 0.1) is 0 Å². The van der Waals surface area contributed by atoms with Crippen molar-refractivity contribution in [2.45, 2.75) is 44.9 Å². The second-order valence-electron chi connectivity index (χ2n) is 5.61. The van der Waals surface area contributed by atoms with Crippen LogP contribution < -0.4 is 0 Å². The maximum atomic E-state index is 12.0. The van der Waals surface area contributed by atoms with Crippen LogP contribution in [0.25, 0.3) is 0 Å². The van der Waals surface area contributed by atoms with Gasteiger partial charge in [0.2, 0.25) is 5.91 Å². The fourth-order valence-electron chi connectivity index (χ4n) is 2.21. The highest BCUT2D eigenvalue weighted by atomic mass is 35.5. The first-order valence-corrected chi connectivity index (χ1v) is 6.36. The predicted octanol–water partition coefficient (Wildman–Crippen LogP) is 2.65. The number of nitrogens with zero attached hydrogens (tertiary/aromatic N) is 1. The van der Waals surface area contributed by atoms with Gasteiger partial charge in [-0.2, -0.15) is 0 Å². The Labute approximate surface area is 97.0 Å². The number of halogens is 1. The van der Waals surface area contributed by atoms with Crippen LogP contribution in [0.5, 0.6) is 0 Å². The summed E-state index contributed by atoms with van der Waals surface area (Å²) in [6.07, 6.45) is 4.14. The van der Waals surface area contributed by atoms with Crippen molar-refractivity contribution in [1.82, 2.24) is 4.90 Å². The van der Waals surface area contributed by atoms with Crippen LogP contribution in [0.1, 0.15) is 39.5 Å². The molecule has 15 heavy (non-hydrogen) atoms. The van der Waals surface area contributed by atoms with Crippen LogP contribution in [0.3, 0.4) is 0 Å². The Morgan fingerprint density at radius 1 is 1.53 bits per heavy atom. The minimum absolute atomic E-state index is 0.255. The van der Waals surface area contributed by atoms with Crippen molar-refractivity contribution in [3.63, 3.8) is 0 Å². The van der Waals surface area contributed by atoms with E-state index in [2.05, 4.69) is 13.8 Å². The molecule has 1 amide bonds. The summed E-state index contributed by atoms with van der Waals surface area (Å²) in [6.45, 7) is 6.05. The smallest absolute Gasteiger partial charge is 0.223 e. The molecule has 2 fully saturated rings. The van der Waals surface area contributed by atoms with Crippen molar-refractivity contribution in [2.24, 2.45) is 11.3 Å². The average molecular weight is 230 g/mol. The Morgan fingerprint density at radius 2 is 2.20 bits per heavy atom. The molecule has 0 bridgehead atoms. The molecule has 86 valence electrons. The van der Waals surface area contributed by atoms with Gasteiger partial charge in [0.15, 0.2) is 0 Å². The first-order chi connectivity index (χ1) is 7.00. The average Bonchev–Trinajstić information content (AvgIpc) is 2.88. The molecule has 1 aliphatic heterocycles. The fraction of sp³-hybridized carbons (Fsp3) is 0.917. The summed E-state index contributed by atoms with van der Waals surface area (Å²) in [6, 6.07) is 0. The molecule has 2 unspecified atom stereocenters. The molecule has 2 aliphatic rings. The van der Waals surface area contributed by atoms with Gasteiger partial charge in [-0.1, -0.05) is 13.8 Å². The number of alkyl halides is 1. The van der Waals surface area contributed by atoms with E-state index in [1.807, 2.05) is 4.90 Å². The maximum Gasteiger partial charge on any atom is 0.223 e. The molecule has 0 N–H and O–H groups in total. The van der Waals surface area contributed by atoms with Gasteiger partial charge in [-0.15, -0.1) is 11.6 Å². The normalized spacial score (nSPS) is 33.9. The lowest BCUT2D eigenvalue weighted by Gasteiger charge is -2.34. The third kappa shape index (κ3) is 2.66. The predicted molar refractivity (Wildman–Crippen MR) is 62.0 cm³/mol. The van der Waals surface area contributed by atoms with Crippen molar-refractivity contribution < 1.29 is 4.79 Å². The third-order valence-corrected chi connectivity index (χ3v) is 4.48. The molecule has 2 rings (SSSR count). The van der Waals surface area contributed by atoms with E-state index in [4.69, 9.17) is 11.6 Å². The van der Waals surface area contributed by atoms with E-state index in [1.54, 1.807) is 0 Å². The van der Waals surface area contributed by atoms with Gasteiger partial charge in [-0.3, -0.25) is 4.79 Å². The molecule has 2 atom stereocenters. The molecule has 2 nitrogen and oxygen atoms in total. The summed E-state index contributed by atoms with van der Waals surface area (Å²) in [5, 5.41) is 0.255. The number of hydrogen-bond donors (Lipinski definition) is 0. The lowest BCUT2D eigenvalue weighted by atomic mass is 9.97. The van der Waals surface area contributed by atoms with Gasteiger partial charge < -0.3 is 4.90 Å². The number of piperidine rings is 1. The van der Waals surface area contributed by atoms with Crippen LogP contribution in [0, 0.1) is 11.3 Å². The Morgan fingerprint density at radius 3 is 2.73 bits per heavy atom. The quantitative estimate of drug-likeness (QED) is 0.667. The number of hydrogen-bond acceptors (Lipinski definition) is 1. The first-order valence-electron chi connectivity index (χ1n) is 5.92. The standard InChI is InChI=1S/C12H20ClNO/c1-9-8-14(6-3-10(9)13)11(15)7-12(2)4-5-12/h9-10H,3-8H2,1-2H3. The van der Waals surface area contributed by atoms with Crippen LogP contribution in [0.4, 0.5) is 0 Å². The highest BCUT2D eigenvalue weighted by Gasteiger charge is 2.40. The summed E-state index contributed by atoms with van der Waals surface area (Å²) >= 11 is 6.14. The molecule has 3 heteroatoms. The number of likely N-dealkylation sites (tertiary alicyclic amines) is 1. The third-order valence-electron chi connectivity index (χ3n) is 3.83. The molecule has 0 aromatic heterocycles. The van der Waals surface area contributed by atoms with Crippen molar-refractivity contribution >= 4 is 17.5 Å². The molecule has 0 radical (unpaired) electrons. The summed E-state index contributed by atoms with van der Waals surface area (Å²) in [7, 11) is 0. The lowest BCUT2D eigenvalue weighted by molar-refractivity contribution is -0.134. The van der Waals surface area contributed by atoms with Gasteiger partial charge in [0.25, 0.3) is 0 Å². The van der Waals surface area contributed by atoms with Crippen LogP contribution >= 0.6 is 11.6 Å². The molecule has 1 aliphatic carbocycles. The monoisotopic (exact) mass is 229 g/mol. The molecule has 0 spiro atoms. The van der Waals surface area contributed by atoms with Crippen molar-refractivity contribution in [2.75, 3.05) is 13.1 Å². The van der Waals surface area contributed by atoms with Crippen LogP contribution in [-0.4, -0.2) is 29.3 Å². The Kier molecular flexibility index (Phi) is 2.98. The van der Waals surface area contributed by atoms with Gasteiger partial charge in [0, 0.05) is 24.9 Å².